The lowest BCUT2D eigenvalue weighted by molar-refractivity contribution is -0.140. The molecule has 0 aliphatic carbocycles. The molecule has 0 spiro atoms. The molecule has 0 saturated heterocycles. The van der Waals surface area contributed by atoms with Gasteiger partial charge in [-0.05, 0) is 24.3 Å². The van der Waals surface area contributed by atoms with Crippen molar-refractivity contribution in [2.24, 2.45) is 0 Å². The van der Waals surface area contributed by atoms with Crippen molar-refractivity contribution in [1.82, 2.24) is 9.88 Å². The number of amides is 1. The van der Waals surface area contributed by atoms with Gasteiger partial charge in [0.2, 0.25) is 5.88 Å². The molecule has 0 aliphatic rings. The zero-order chi connectivity index (χ0) is 17.5. The zero-order valence-electron chi connectivity index (χ0n) is 13.4. The molecule has 7 heteroatoms. The summed E-state index contributed by atoms with van der Waals surface area (Å²) < 4.78 is 11.1. The predicted molar refractivity (Wildman–Crippen MR) is 92.0 cm³/mol. The second-order valence-corrected chi connectivity index (χ2v) is 5.91. The number of methoxy groups -OCH3 is 1. The maximum atomic E-state index is 12.2. The van der Waals surface area contributed by atoms with Crippen LogP contribution in [0.2, 0.25) is 0 Å². The Morgan fingerprint density at radius 3 is 2.67 bits per heavy atom. The minimum absolute atomic E-state index is 0.149. The van der Waals surface area contributed by atoms with Crippen LogP contribution >= 0.6 is 15.9 Å². The molecule has 1 aromatic carbocycles. The van der Waals surface area contributed by atoms with E-state index in [-0.39, 0.29) is 24.8 Å². The highest BCUT2D eigenvalue weighted by Crippen LogP contribution is 2.23. The fourth-order valence-electron chi connectivity index (χ4n) is 1.90. The van der Waals surface area contributed by atoms with E-state index < -0.39 is 0 Å². The molecule has 0 saturated carbocycles. The second kappa shape index (κ2) is 8.44. The minimum atomic E-state index is -0.356. The topological polar surface area (TPSA) is 68.7 Å². The van der Waals surface area contributed by atoms with Crippen molar-refractivity contribution in [3.63, 3.8) is 0 Å². The van der Waals surface area contributed by atoms with Crippen LogP contribution in [0.4, 0.5) is 0 Å². The first-order chi connectivity index (χ1) is 11.5. The van der Waals surface area contributed by atoms with Gasteiger partial charge in [-0.2, -0.15) is 0 Å². The van der Waals surface area contributed by atoms with Crippen LogP contribution in [0.3, 0.4) is 0 Å². The number of nitrogens with zero attached hydrogens (tertiary/aromatic N) is 2. The molecular formula is C17H17BrN2O4. The van der Waals surface area contributed by atoms with E-state index in [1.165, 1.54) is 18.2 Å². The van der Waals surface area contributed by atoms with Gasteiger partial charge in [-0.15, -0.1) is 0 Å². The molecule has 0 fully saturated rings. The number of carbonyl (C=O) groups is 2. The minimum Gasteiger partial charge on any atom is -0.469 e. The molecule has 0 radical (unpaired) electrons. The van der Waals surface area contributed by atoms with E-state index in [2.05, 4.69) is 25.7 Å². The smallest absolute Gasteiger partial charge is 0.307 e. The monoisotopic (exact) mass is 392 g/mol. The third-order valence-electron chi connectivity index (χ3n) is 3.23. The number of rotatable bonds is 6. The predicted octanol–water partition coefficient (Wildman–Crippen LogP) is 3.27. The van der Waals surface area contributed by atoms with Crippen molar-refractivity contribution in [1.29, 1.82) is 0 Å². The standard InChI is InChI=1S/C17H17BrN2O4/c1-20(9-8-16(21)23-2)17(22)12-6-7-15(19-11-12)24-14-5-3-4-13(18)10-14/h3-7,10-11H,8-9H2,1-2H3. The molecule has 0 N–H and O–H groups in total. The molecule has 6 nitrogen and oxygen atoms in total. The van der Waals surface area contributed by atoms with Crippen LogP contribution in [0.15, 0.2) is 47.1 Å². The van der Waals surface area contributed by atoms with Gasteiger partial charge in [0.25, 0.3) is 5.91 Å². The van der Waals surface area contributed by atoms with Gasteiger partial charge in [-0.1, -0.05) is 22.0 Å². The average molecular weight is 393 g/mol. The van der Waals surface area contributed by atoms with Crippen LogP contribution < -0.4 is 4.74 Å². The SMILES string of the molecule is COC(=O)CCN(C)C(=O)c1ccc(Oc2cccc(Br)c2)nc1. The summed E-state index contributed by atoms with van der Waals surface area (Å²) >= 11 is 3.37. The molecule has 0 aliphatic heterocycles. The summed E-state index contributed by atoms with van der Waals surface area (Å²) in [6.45, 7) is 0.280. The Kier molecular flexibility index (Phi) is 6.31. The number of hydrogen-bond donors (Lipinski definition) is 0. The lowest BCUT2D eigenvalue weighted by Gasteiger charge is -2.16. The number of hydrogen-bond acceptors (Lipinski definition) is 5. The fourth-order valence-corrected chi connectivity index (χ4v) is 2.28. The number of esters is 1. The first kappa shape index (κ1) is 17.9. The molecule has 1 aromatic heterocycles. The molecule has 2 rings (SSSR count). The summed E-state index contributed by atoms with van der Waals surface area (Å²) in [6, 6.07) is 10.6. The Morgan fingerprint density at radius 2 is 2.04 bits per heavy atom. The van der Waals surface area contributed by atoms with Gasteiger partial charge in [0.05, 0.1) is 19.1 Å². The second-order valence-electron chi connectivity index (χ2n) is 5.00. The fraction of sp³-hybridized carbons (Fsp3) is 0.235. The first-order valence-corrected chi connectivity index (χ1v) is 8.00. The Bertz CT molecular complexity index is 719. The Labute approximate surface area is 148 Å². The number of carbonyl (C=O) groups excluding carboxylic acids is 2. The average Bonchev–Trinajstić information content (AvgIpc) is 2.59. The number of pyridine rings is 1. The van der Waals surface area contributed by atoms with Crippen molar-refractivity contribution in [2.45, 2.75) is 6.42 Å². The van der Waals surface area contributed by atoms with Crippen molar-refractivity contribution >= 4 is 27.8 Å². The molecule has 126 valence electrons. The van der Waals surface area contributed by atoms with Gasteiger partial charge in [0.15, 0.2) is 0 Å². The van der Waals surface area contributed by atoms with Crippen LogP contribution in [-0.2, 0) is 9.53 Å². The summed E-state index contributed by atoms with van der Waals surface area (Å²) in [6.07, 6.45) is 1.60. The quantitative estimate of drug-likeness (QED) is 0.705. The third-order valence-corrected chi connectivity index (χ3v) is 3.72. The van der Waals surface area contributed by atoms with E-state index >= 15 is 0 Å². The van der Waals surface area contributed by atoms with Gasteiger partial charge in [-0.25, -0.2) is 4.98 Å². The van der Waals surface area contributed by atoms with Crippen LogP contribution in [0.5, 0.6) is 11.6 Å². The van der Waals surface area contributed by atoms with Crippen LogP contribution in [0.1, 0.15) is 16.8 Å². The van der Waals surface area contributed by atoms with Crippen molar-refractivity contribution in [3.8, 4) is 11.6 Å². The summed E-state index contributed by atoms with van der Waals surface area (Å²) in [5.41, 5.74) is 0.420. The number of ether oxygens (including phenoxy) is 2. The first-order valence-electron chi connectivity index (χ1n) is 7.21. The lowest BCUT2D eigenvalue weighted by atomic mass is 10.2. The zero-order valence-corrected chi connectivity index (χ0v) is 14.9. The van der Waals surface area contributed by atoms with Crippen LogP contribution in [-0.4, -0.2) is 42.5 Å². The molecular weight excluding hydrogens is 376 g/mol. The Balaban J connectivity index is 1.98. The van der Waals surface area contributed by atoms with Crippen molar-refractivity contribution in [2.75, 3.05) is 20.7 Å². The molecule has 0 atom stereocenters. The van der Waals surface area contributed by atoms with Gasteiger partial charge >= 0.3 is 5.97 Å². The van der Waals surface area contributed by atoms with E-state index in [0.29, 0.717) is 17.2 Å². The summed E-state index contributed by atoms with van der Waals surface area (Å²) in [7, 11) is 2.94. The van der Waals surface area contributed by atoms with E-state index in [1.54, 1.807) is 19.2 Å². The number of benzene rings is 1. The lowest BCUT2D eigenvalue weighted by Crippen LogP contribution is -2.29. The van der Waals surface area contributed by atoms with Gasteiger partial charge in [0.1, 0.15) is 5.75 Å². The molecule has 24 heavy (non-hydrogen) atoms. The van der Waals surface area contributed by atoms with E-state index in [1.807, 2.05) is 24.3 Å². The van der Waals surface area contributed by atoms with Gasteiger partial charge < -0.3 is 14.4 Å². The molecule has 0 unspecified atom stereocenters. The van der Waals surface area contributed by atoms with E-state index in [0.717, 1.165) is 4.47 Å². The van der Waals surface area contributed by atoms with Crippen molar-refractivity contribution < 1.29 is 19.1 Å². The van der Waals surface area contributed by atoms with Crippen LogP contribution in [0.25, 0.3) is 0 Å². The summed E-state index contributed by atoms with van der Waals surface area (Å²) in [4.78, 5) is 29.0. The van der Waals surface area contributed by atoms with Crippen LogP contribution in [0, 0.1) is 0 Å². The van der Waals surface area contributed by atoms with E-state index in [4.69, 9.17) is 4.74 Å². The highest BCUT2D eigenvalue weighted by molar-refractivity contribution is 9.10. The summed E-state index contributed by atoms with van der Waals surface area (Å²) in [5, 5.41) is 0. The van der Waals surface area contributed by atoms with E-state index in [9.17, 15) is 9.59 Å². The molecule has 1 heterocycles. The highest BCUT2D eigenvalue weighted by Gasteiger charge is 2.14. The van der Waals surface area contributed by atoms with Gasteiger partial charge in [0, 0.05) is 30.3 Å². The maximum Gasteiger partial charge on any atom is 0.307 e. The molecule has 2 aromatic rings. The molecule has 0 bridgehead atoms. The maximum absolute atomic E-state index is 12.2. The number of halogens is 1. The summed E-state index contributed by atoms with van der Waals surface area (Å²) in [5.74, 6) is 0.457. The highest BCUT2D eigenvalue weighted by atomic mass is 79.9. The Hall–Kier alpha value is -2.41. The van der Waals surface area contributed by atoms with Crippen molar-refractivity contribution in [3.05, 3.63) is 52.6 Å². The normalized spacial score (nSPS) is 10.1. The number of aromatic nitrogens is 1. The molecule has 1 amide bonds. The Morgan fingerprint density at radius 1 is 1.25 bits per heavy atom. The largest absolute Gasteiger partial charge is 0.469 e. The van der Waals surface area contributed by atoms with Gasteiger partial charge in [-0.3, -0.25) is 9.59 Å². The third kappa shape index (κ3) is 5.06.